The van der Waals surface area contributed by atoms with Crippen molar-refractivity contribution in [2.45, 2.75) is 40.2 Å². The molecule has 0 radical (unpaired) electrons. The van der Waals surface area contributed by atoms with Gasteiger partial charge in [-0.25, -0.2) is 9.97 Å². The number of likely N-dealkylation sites (tertiary alicyclic amines) is 1. The highest BCUT2D eigenvalue weighted by Gasteiger charge is 2.17. The Bertz CT molecular complexity index is 733. The van der Waals surface area contributed by atoms with E-state index in [2.05, 4.69) is 45.9 Å². The summed E-state index contributed by atoms with van der Waals surface area (Å²) in [5.41, 5.74) is 1.58. The first kappa shape index (κ1) is 19.8. The van der Waals surface area contributed by atoms with Crippen molar-refractivity contribution in [2.75, 3.05) is 36.4 Å². The van der Waals surface area contributed by atoms with Gasteiger partial charge in [0.15, 0.2) is 5.13 Å². The molecule has 0 aliphatic carbocycles. The predicted molar refractivity (Wildman–Crippen MR) is 112 cm³/mol. The average Bonchev–Trinajstić information content (AvgIpc) is 3.12. The van der Waals surface area contributed by atoms with Crippen LogP contribution in [0.25, 0.3) is 0 Å². The summed E-state index contributed by atoms with van der Waals surface area (Å²) in [6.07, 6.45) is 4.14. The third kappa shape index (κ3) is 5.26. The highest BCUT2D eigenvalue weighted by molar-refractivity contribution is 7.13. The summed E-state index contributed by atoms with van der Waals surface area (Å²) in [5.74, 6) is 1.55. The van der Waals surface area contributed by atoms with Crippen molar-refractivity contribution >= 4 is 28.2 Å². The molecule has 0 bridgehead atoms. The van der Waals surface area contributed by atoms with E-state index >= 15 is 0 Å². The van der Waals surface area contributed by atoms with E-state index in [0.29, 0.717) is 10.7 Å². The Hall–Kier alpha value is -1.99. The summed E-state index contributed by atoms with van der Waals surface area (Å²) in [5, 5.41) is 5.58. The third-order valence-electron chi connectivity index (χ3n) is 5.13. The van der Waals surface area contributed by atoms with E-state index in [1.54, 1.807) is 6.20 Å². The van der Waals surface area contributed by atoms with Crippen LogP contribution in [0.5, 0.6) is 0 Å². The van der Waals surface area contributed by atoms with Crippen LogP contribution in [0.1, 0.15) is 49.7 Å². The van der Waals surface area contributed by atoms with E-state index in [0.717, 1.165) is 50.2 Å². The van der Waals surface area contributed by atoms with Gasteiger partial charge in [0.25, 0.3) is 5.91 Å². The summed E-state index contributed by atoms with van der Waals surface area (Å²) in [6, 6.07) is 3.71. The minimum absolute atomic E-state index is 0.165. The predicted octanol–water partition coefficient (Wildman–Crippen LogP) is 3.87. The van der Waals surface area contributed by atoms with Crippen molar-refractivity contribution in [1.82, 2.24) is 14.9 Å². The number of hydrogen-bond acceptors (Lipinski definition) is 6. The second-order valence-electron chi connectivity index (χ2n) is 7.13. The van der Waals surface area contributed by atoms with E-state index in [4.69, 9.17) is 0 Å². The molecular weight excluding hydrogens is 358 g/mol. The molecule has 1 aliphatic heterocycles. The van der Waals surface area contributed by atoms with Crippen molar-refractivity contribution in [2.24, 2.45) is 5.92 Å². The Labute approximate surface area is 165 Å². The number of hydrogen-bond donors (Lipinski definition) is 1. The molecule has 7 heteroatoms. The van der Waals surface area contributed by atoms with E-state index in [1.165, 1.54) is 24.2 Å². The number of carbonyl (C=O) groups excluding carboxylic acids is 1. The molecular formula is C20H29N5OS. The molecule has 0 aromatic carbocycles. The Morgan fingerprint density at radius 2 is 2.04 bits per heavy atom. The molecule has 0 spiro atoms. The summed E-state index contributed by atoms with van der Waals surface area (Å²) in [7, 11) is 0. The Morgan fingerprint density at radius 3 is 2.67 bits per heavy atom. The maximum atomic E-state index is 12.5. The summed E-state index contributed by atoms with van der Waals surface area (Å²) in [4.78, 5) is 26.0. The van der Waals surface area contributed by atoms with Crippen LogP contribution in [-0.2, 0) is 6.54 Å². The highest BCUT2D eigenvalue weighted by Crippen LogP contribution is 2.21. The standard InChI is InChI=1S/C20H29N5OS/c1-4-25(5-2)18-7-6-16(12-21-18)19(26)23-20-22-17(14-27-20)13-24-10-8-15(3)9-11-24/h6-7,12,14-15H,4-5,8-11,13H2,1-3H3,(H,22,23,26). The summed E-state index contributed by atoms with van der Waals surface area (Å²) < 4.78 is 0. The molecule has 6 nitrogen and oxygen atoms in total. The fraction of sp³-hybridized carbons (Fsp3) is 0.550. The van der Waals surface area contributed by atoms with Crippen LogP contribution in [0.2, 0.25) is 0 Å². The second-order valence-corrected chi connectivity index (χ2v) is 7.99. The average molecular weight is 388 g/mol. The molecule has 1 saturated heterocycles. The molecule has 2 aromatic heterocycles. The first-order valence-corrected chi connectivity index (χ1v) is 10.7. The highest BCUT2D eigenvalue weighted by atomic mass is 32.1. The Kier molecular flexibility index (Phi) is 6.79. The van der Waals surface area contributed by atoms with Crippen molar-refractivity contribution in [3.05, 3.63) is 35.0 Å². The minimum Gasteiger partial charge on any atom is -0.357 e. The topological polar surface area (TPSA) is 61.4 Å². The van der Waals surface area contributed by atoms with Gasteiger partial charge < -0.3 is 4.90 Å². The molecule has 3 rings (SSSR count). The van der Waals surface area contributed by atoms with Gasteiger partial charge in [0.05, 0.1) is 11.3 Å². The van der Waals surface area contributed by atoms with Gasteiger partial charge in [-0.2, -0.15) is 0 Å². The van der Waals surface area contributed by atoms with Crippen molar-refractivity contribution in [3.8, 4) is 0 Å². The molecule has 27 heavy (non-hydrogen) atoms. The second kappa shape index (κ2) is 9.28. The summed E-state index contributed by atoms with van der Waals surface area (Å²) >= 11 is 1.48. The molecule has 1 N–H and O–H groups in total. The van der Waals surface area contributed by atoms with Gasteiger partial charge in [-0.3, -0.25) is 15.0 Å². The first-order valence-electron chi connectivity index (χ1n) is 9.78. The number of nitrogens with zero attached hydrogens (tertiary/aromatic N) is 4. The van der Waals surface area contributed by atoms with Gasteiger partial charge in [-0.05, 0) is 57.8 Å². The molecule has 1 fully saturated rings. The van der Waals surface area contributed by atoms with Gasteiger partial charge >= 0.3 is 0 Å². The molecule has 146 valence electrons. The van der Waals surface area contributed by atoms with E-state index in [1.807, 2.05) is 17.5 Å². The number of pyridine rings is 1. The number of amides is 1. The zero-order valence-electron chi connectivity index (χ0n) is 16.4. The fourth-order valence-corrected chi connectivity index (χ4v) is 4.01. The lowest BCUT2D eigenvalue weighted by molar-refractivity contribution is 0.102. The van der Waals surface area contributed by atoms with Crippen LogP contribution in [-0.4, -0.2) is 47.0 Å². The lowest BCUT2D eigenvalue weighted by Crippen LogP contribution is -2.32. The van der Waals surface area contributed by atoms with E-state index < -0.39 is 0 Å². The number of anilines is 2. The molecule has 1 amide bonds. The maximum absolute atomic E-state index is 12.5. The lowest BCUT2D eigenvalue weighted by atomic mass is 9.99. The van der Waals surface area contributed by atoms with E-state index in [-0.39, 0.29) is 5.91 Å². The Balaban J connectivity index is 1.56. The molecule has 0 unspecified atom stereocenters. The van der Waals surface area contributed by atoms with E-state index in [9.17, 15) is 4.79 Å². The van der Waals surface area contributed by atoms with Crippen LogP contribution in [0.15, 0.2) is 23.7 Å². The van der Waals surface area contributed by atoms with Gasteiger partial charge in [-0.15, -0.1) is 11.3 Å². The number of piperidine rings is 1. The first-order chi connectivity index (χ1) is 13.1. The van der Waals surface area contributed by atoms with Gasteiger partial charge in [0, 0.05) is 31.2 Å². The monoisotopic (exact) mass is 387 g/mol. The molecule has 0 atom stereocenters. The van der Waals surface area contributed by atoms with Crippen LogP contribution in [0, 0.1) is 5.92 Å². The van der Waals surface area contributed by atoms with Crippen LogP contribution < -0.4 is 10.2 Å². The number of thiazole rings is 1. The van der Waals surface area contributed by atoms with Crippen molar-refractivity contribution in [1.29, 1.82) is 0 Å². The van der Waals surface area contributed by atoms with Crippen LogP contribution in [0.4, 0.5) is 10.9 Å². The quantitative estimate of drug-likeness (QED) is 0.781. The number of nitrogens with one attached hydrogen (secondary N) is 1. The third-order valence-corrected chi connectivity index (χ3v) is 5.94. The normalized spacial score (nSPS) is 15.7. The molecule has 1 aliphatic rings. The number of rotatable bonds is 7. The largest absolute Gasteiger partial charge is 0.357 e. The minimum atomic E-state index is -0.165. The van der Waals surface area contributed by atoms with Crippen molar-refractivity contribution < 1.29 is 4.79 Å². The zero-order valence-corrected chi connectivity index (χ0v) is 17.3. The van der Waals surface area contributed by atoms with Gasteiger partial charge in [0.1, 0.15) is 5.82 Å². The van der Waals surface area contributed by atoms with Gasteiger partial charge in [0.2, 0.25) is 0 Å². The number of carbonyl (C=O) groups is 1. The fourth-order valence-electron chi connectivity index (χ4n) is 3.31. The van der Waals surface area contributed by atoms with Crippen LogP contribution in [0.3, 0.4) is 0 Å². The number of aromatic nitrogens is 2. The van der Waals surface area contributed by atoms with Gasteiger partial charge in [-0.1, -0.05) is 6.92 Å². The zero-order chi connectivity index (χ0) is 19.2. The molecule has 3 heterocycles. The molecule has 0 saturated carbocycles. The Morgan fingerprint density at radius 1 is 1.30 bits per heavy atom. The van der Waals surface area contributed by atoms with Crippen LogP contribution >= 0.6 is 11.3 Å². The smallest absolute Gasteiger partial charge is 0.259 e. The SMILES string of the molecule is CCN(CC)c1ccc(C(=O)Nc2nc(CN3CCC(C)CC3)cs2)cn1. The maximum Gasteiger partial charge on any atom is 0.259 e. The molecule has 2 aromatic rings. The summed E-state index contributed by atoms with van der Waals surface area (Å²) in [6.45, 7) is 11.4. The van der Waals surface area contributed by atoms with Crippen molar-refractivity contribution in [3.63, 3.8) is 0 Å². The lowest BCUT2D eigenvalue weighted by Gasteiger charge is -2.29.